The summed E-state index contributed by atoms with van der Waals surface area (Å²) < 4.78 is 23.3. The van der Waals surface area contributed by atoms with E-state index in [4.69, 9.17) is 0 Å². The topological polar surface area (TPSA) is 112 Å². The third-order valence-corrected chi connectivity index (χ3v) is 5.55. The van der Waals surface area contributed by atoms with E-state index in [-0.39, 0.29) is 10.7 Å². The Bertz CT molecular complexity index is 1140. The molecule has 0 amide bonds. The Hall–Kier alpha value is -2.78. The maximum atomic E-state index is 12.4. The average Bonchev–Trinajstić information content (AvgIpc) is 3.10. The molecule has 0 bridgehead atoms. The molecule has 140 valence electrons. The zero-order chi connectivity index (χ0) is 19.0. The van der Waals surface area contributed by atoms with Gasteiger partial charge in [0.25, 0.3) is 5.56 Å². The van der Waals surface area contributed by atoms with Crippen molar-refractivity contribution in [1.29, 1.82) is 0 Å². The maximum Gasteiger partial charge on any atom is 0.256 e. The molecule has 0 spiro atoms. The predicted octanol–water partition coefficient (Wildman–Crippen LogP) is 1.12. The van der Waals surface area contributed by atoms with Gasteiger partial charge in [-0.1, -0.05) is 30.3 Å². The smallest absolute Gasteiger partial charge is 0.256 e. The van der Waals surface area contributed by atoms with Crippen LogP contribution >= 0.6 is 0 Å². The molecule has 2 aromatic heterocycles. The third kappa shape index (κ3) is 3.56. The number of nitrogens with one attached hydrogen (secondary N) is 2. The fourth-order valence-corrected chi connectivity index (χ4v) is 3.85. The summed E-state index contributed by atoms with van der Waals surface area (Å²) in [6.07, 6.45) is 3.37. The first-order valence-electron chi connectivity index (χ1n) is 8.54. The molecule has 0 radical (unpaired) electrons. The normalized spacial score (nSPS) is 14.9. The predicted molar refractivity (Wildman–Crippen MR) is 99.8 cm³/mol. The summed E-state index contributed by atoms with van der Waals surface area (Å²) in [4.78, 5) is 21.0. The molecule has 0 fully saturated rings. The number of aromatic nitrogens is 4. The molecule has 2 N–H and O–H groups in total. The van der Waals surface area contributed by atoms with Gasteiger partial charge in [-0.2, -0.15) is 5.10 Å². The van der Waals surface area contributed by atoms with Crippen LogP contribution in [0.1, 0.15) is 16.8 Å². The molecule has 0 unspecified atom stereocenters. The van der Waals surface area contributed by atoms with E-state index in [2.05, 4.69) is 25.1 Å². The van der Waals surface area contributed by atoms with Crippen molar-refractivity contribution >= 4 is 9.84 Å². The average molecular weight is 385 g/mol. The first kappa shape index (κ1) is 17.6. The number of fused-ring (bicyclic) bond motifs is 1. The van der Waals surface area contributed by atoms with Crippen molar-refractivity contribution in [2.75, 3.05) is 12.8 Å². The van der Waals surface area contributed by atoms with Crippen LogP contribution in [0.25, 0.3) is 11.3 Å². The number of rotatable bonds is 4. The fraction of sp³-hybridized carbons (Fsp3) is 0.278. The molecule has 27 heavy (non-hydrogen) atoms. The van der Waals surface area contributed by atoms with Crippen LogP contribution in [-0.4, -0.2) is 46.3 Å². The minimum absolute atomic E-state index is 0.263. The van der Waals surface area contributed by atoms with Crippen LogP contribution in [0.4, 0.5) is 0 Å². The largest absolute Gasteiger partial charge is 0.297 e. The Kier molecular flexibility index (Phi) is 4.40. The summed E-state index contributed by atoms with van der Waals surface area (Å²) in [5.41, 5.74) is 3.76. The van der Waals surface area contributed by atoms with Gasteiger partial charge in [-0.25, -0.2) is 13.4 Å². The van der Waals surface area contributed by atoms with Crippen molar-refractivity contribution in [2.45, 2.75) is 24.7 Å². The first-order valence-corrected chi connectivity index (χ1v) is 10.4. The standard InChI is InChI=1S/C18H19N5O3S/c1-27(25,26)18-20-15-7-8-23(11-14(15)17(24)21-18)10-13-9-19-22-16(13)12-5-3-2-4-6-12/h2-6,9H,7-8,10-11H2,1H3,(H,19,22)(H,20,21,24). The molecule has 1 aromatic carbocycles. The molecule has 0 saturated heterocycles. The molecule has 0 saturated carbocycles. The zero-order valence-corrected chi connectivity index (χ0v) is 15.6. The van der Waals surface area contributed by atoms with Crippen LogP contribution in [0, 0.1) is 0 Å². The molecular formula is C18H19N5O3S. The Morgan fingerprint density at radius 2 is 2.00 bits per heavy atom. The quantitative estimate of drug-likeness (QED) is 0.651. The summed E-state index contributed by atoms with van der Waals surface area (Å²) in [6.45, 7) is 1.74. The van der Waals surface area contributed by atoms with Gasteiger partial charge in [0, 0.05) is 37.9 Å². The highest BCUT2D eigenvalue weighted by Crippen LogP contribution is 2.24. The number of sulfone groups is 1. The number of hydrogen-bond donors (Lipinski definition) is 2. The van der Waals surface area contributed by atoms with Crippen LogP contribution in [-0.2, 0) is 29.3 Å². The van der Waals surface area contributed by atoms with Crippen LogP contribution < -0.4 is 5.56 Å². The van der Waals surface area contributed by atoms with Crippen molar-refractivity contribution < 1.29 is 8.42 Å². The van der Waals surface area contributed by atoms with Gasteiger partial charge in [-0.3, -0.25) is 19.8 Å². The summed E-state index contributed by atoms with van der Waals surface area (Å²) in [5.74, 6) is 0. The van der Waals surface area contributed by atoms with Gasteiger partial charge in [0.05, 0.1) is 23.1 Å². The van der Waals surface area contributed by atoms with E-state index in [1.807, 2.05) is 30.3 Å². The molecule has 1 aliphatic heterocycles. The molecule has 8 nitrogen and oxygen atoms in total. The maximum absolute atomic E-state index is 12.4. The van der Waals surface area contributed by atoms with E-state index in [1.54, 1.807) is 6.20 Å². The van der Waals surface area contributed by atoms with Gasteiger partial charge in [0.1, 0.15) is 0 Å². The van der Waals surface area contributed by atoms with E-state index in [0.29, 0.717) is 37.3 Å². The number of nitrogens with zero attached hydrogens (tertiary/aromatic N) is 3. The summed E-state index contributed by atoms with van der Waals surface area (Å²) in [7, 11) is -3.54. The number of benzene rings is 1. The molecule has 0 aliphatic carbocycles. The van der Waals surface area contributed by atoms with E-state index in [9.17, 15) is 13.2 Å². The fourth-order valence-electron chi connectivity index (χ4n) is 3.30. The molecular weight excluding hydrogens is 366 g/mol. The number of hydrogen-bond acceptors (Lipinski definition) is 6. The van der Waals surface area contributed by atoms with Crippen LogP contribution in [0.15, 0.2) is 46.5 Å². The van der Waals surface area contributed by atoms with E-state index in [0.717, 1.165) is 23.1 Å². The zero-order valence-electron chi connectivity index (χ0n) is 14.8. The Labute approximate surface area is 156 Å². The lowest BCUT2D eigenvalue weighted by Crippen LogP contribution is -2.36. The SMILES string of the molecule is CS(=O)(=O)c1nc2c(c(=O)[nH]1)CN(Cc1cn[nH]c1-c1ccccc1)CC2. The lowest BCUT2D eigenvalue weighted by molar-refractivity contribution is 0.241. The highest BCUT2D eigenvalue weighted by Gasteiger charge is 2.24. The molecule has 0 atom stereocenters. The van der Waals surface area contributed by atoms with Crippen molar-refractivity contribution in [3.8, 4) is 11.3 Å². The van der Waals surface area contributed by atoms with Gasteiger partial charge in [-0.15, -0.1) is 0 Å². The Balaban J connectivity index is 1.59. The first-order chi connectivity index (χ1) is 12.9. The lowest BCUT2D eigenvalue weighted by Gasteiger charge is -2.27. The van der Waals surface area contributed by atoms with Crippen LogP contribution in [0.2, 0.25) is 0 Å². The molecule has 3 heterocycles. The van der Waals surface area contributed by atoms with Crippen molar-refractivity contribution in [3.63, 3.8) is 0 Å². The monoisotopic (exact) mass is 385 g/mol. The molecule has 4 rings (SSSR count). The second kappa shape index (κ2) is 6.75. The summed E-state index contributed by atoms with van der Waals surface area (Å²) in [6, 6.07) is 9.95. The van der Waals surface area contributed by atoms with Gasteiger partial charge >= 0.3 is 0 Å². The van der Waals surface area contributed by atoms with Crippen LogP contribution in [0.5, 0.6) is 0 Å². The Morgan fingerprint density at radius 1 is 1.22 bits per heavy atom. The van der Waals surface area contributed by atoms with Crippen molar-refractivity contribution in [2.24, 2.45) is 0 Å². The third-order valence-electron chi connectivity index (χ3n) is 4.65. The van der Waals surface area contributed by atoms with Gasteiger partial charge in [-0.05, 0) is 5.56 Å². The Morgan fingerprint density at radius 3 is 2.74 bits per heavy atom. The van der Waals surface area contributed by atoms with Gasteiger partial charge < -0.3 is 0 Å². The van der Waals surface area contributed by atoms with Gasteiger partial charge in [0.2, 0.25) is 15.0 Å². The van der Waals surface area contributed by atoms with E-state index >= 15 is 0 Å². The number of aromatic amines is 2. The minimum Gasteiger partial charge on any atom is -0.297 e. The summed E-state index contributed by atoms with van der Waals surface area (Å²) >= 11 is 0. The number of H-pyrrole nitrogens is 2. The van der Waals surface area contributed by atoms with E-state index in [1.165, 1.54) is 0 Å². The summed E-state index contributed by atoms with van der Waals surface area (Å²) in [5, 5.41) is 6.95. The van der Waals surface area contributed by atoms with E-state index < -0.39 is 9.84 Å². The molecule has 1 aliphatic rings. The second-order valence-electron chi connectivity index (χ2n) is 6.67. The highest BCUT2D eigenvalue weighted by atomic mass is 32.2. The lowest BCUT2D eigenvalue weighted by atomic mass is 10.0. The van der Waals surface area contributed by atoms with Crippen LogP contribution in [0.3, 0.4) is 0 Å². The molecule has 9 heteroatoms. The van der Waals surface area contributed by atoms with Crippen molar-refractivity contribution in [1.82, 2.24) is 25.1 Å². The van der Waals surface area contributed by atoms with Crippen molar-refractivity contribution in [3.05, 3.63) is 63.7 Å². The highest BCUT2D eigenvalue weighted by molar-refractivity contribution is 7.90. The minimum atomic E-state index is -3.54. The van der Waals surface area contributed by atoms with Gasteiger partial charge in [0.15, 0.2) is 0 Å². The second-order valence-corrected chi connectivity index (χ2v) is 8.60. The molecule has 3 aromatic rings.